The fourth-order valence-corrected chi connectivity index (χ4v) is 2.83. The van der Waals surface area contributed by atoms with Gasteiger partial charge in [0.1, 0.15) is 5.75 Å². The third-order valence-electron chi connectivity index (χ3n) is 3.83. The van der Waals surface area contributed by atoms with E-state index in [4.69, 9.17) is 16.3 Å². The van der Waals surface area contributed by atoms with Crippen LogP contribution in [0.2, 0.25) is 5.02 Å². The van der Waals surface area contributed by atoms with Crippen LogP contribution in [0.4, 0.5) is 0 Å². The topological polar surface area (TPSA) is 32.8 Å². The lowest BCUT2D eigenvalue weighted by Gasteiger charge is -2.35. The molecule has 0 saturated carbocycles. The Balaban J connectivity index is 1.92. The first-order valence-corrected chi connectivity index (χ1v) is 7.84. The predicted molar refractivity (Wildman–Crippen MR) is 84.8 cm³/mol. The van der Waals surface area contributed by atoms with E-state index in [2.05, 4.69) is 4.90 Å². The number of piperazine rings is 1. The standard InChI is InChI=1S/C16H23ClN2O2/c1-3-4-16(20)19-9-7-18(8-10-19)12-13-11-14(17)5-6-15(13)21-2/h5-6,11H,3-4,7-10,12H2,1-2H3. The van der Waals surface area contributed by atoms with Crippen molar-refractivity contribution in [3.63, 3.8) is 0 Å². The summed E-state index contributed by atoms with van der Waals surface area (Å²) in [6, 6.07) is 5.69. The smallest absolute Gasteiger partial charge is 0.222 e. The number of methoxy groups -OCH3 is 1. The molecule has 1 aromatic carbocycles. The molecule has 5 heteroatoms. The van der Waals surface area contributed by atoms with Gasteiger partial charge in [-0.2, -0.15) is 0 Å². The molecule has 0 spiro atoms. The van der Waals surface area contributed by atoms with Gasteiger partial charge in [0, 0.05) is 49.7 Å². The van der Waals surface area contributed by atoms with E-state index in [-0.39, 0.29) is 5.91 Å². The molecule has 1 aromatic rings. The molecule has 1 heterocycles. The molecule has 1 fully saturated rings. The van der Waals surface area contributed by atoms with Crippen LogP contribution >= 0.6 is 11.6 Å². The van der Waals surface area contributed by atoms with Crippen LogP contribution in [0, 0.1) is 0 Å². The molecule has 0 N–H and O–H groups in total. The zero-order valence-corrected chi connectivity index (χ0v) is 13.5. The van der Waals surface area contributed by atoms with Gasteiger partial charge in [0.25, 0.3) is 0 Å². The summed E-state index contributed by atoms with van der Waals surface area (Å²) in [7, 11) is 1.67. The third kappa shape index (κ3) is 4.35. The number of rotatable bonds is 5. The number of hydrogen-bond donors (Lipinski definition) is 0. The van der Waals surface area contributed by atoms with E-state index >= 15 is 0 Å². The van der Waals surface area contributed by atoms with Gasteiger partial charge in [-0.15, -0.1) is 0 Å². The van der Waals surface area contributed by atoms with Crippen LogP contribution in [0.5, 0.6) is 5.75 Å². The van der Waals surface area contributed by atoms with Gasteiger partial charge >= 0.3 is 0 Å². The molecule has 1 amide bonds. The number of ether oxygens (including phenoxy) is 1. The molecular formula is C16H23ClN2O2. The second-order valence-corrected chi connectivity index (χ2v) is 5.80. The predicted octanol–water partition coefficient (Wildman–Crippen LogP) is 2.79. The van der Waals surface area contributed by atoms with Crippen molar-refractivity contribution < 1.29 is 9.53 Å². The van der Waals surface area contributed by atoms with Gasteiger partial charge in [-0.05, 0) is 24.6 Å². The maximum atomic E-state index is 11.9. The zero-order chi connectivity index (χ0) is 15.2. The van der Waals surface area contributed by atoms with Gasteiger partial charge in [-0.1, -0.05) is 18.5 Å². The van der Waals surface area contributed by atoms with Crippen molar-refractivity contribution in [1.29, 1.82) is 0 Å². The van der Waals surface area contributed by atoms with Gasteiger partial charge in [0.2, 0.25) is 5.91 Å². The van der Waals surface area contributed by atoms with E-state index in [1.165, 1.54) is 0 Å². The first-order valence-electron chi connectivity index (χ1n) is 7.46. The summed E-state index contributed by atoms with van der Waals surface area (Å²) in [5, 5.41) is 0.725. The van der Waals surface area contributed by atoms with Crippen molar-refractivity contribution in [2.75, 3.05) is 33.3 Å². The Hall–Kier alpha value is -1.26. The maximum absolute atomic E-state index is 11.9. The number of hydrogen-bond acceptors (Lipinski definition) is 3. The maximum Gasteiger partial charge on any atom is 0.222 e. The Morgan fingerprint density at radius 3 is 2.62 bits per heavy atom. The van der Waals surface area contributed by atoms with E-state index in [1.807, 2.05) is 30.0 Å². The van der Waals surface area contributed by atoms with E-state index in [1.54, 1.807) is 7.11 Å². The van der Waals surface area contributed by atoms with Crippen LogP contribution in [0.3, 0.4) is 0 Å². The number of carbonyl (C=O) groups excluding carboxylic acids is 1. The summed E-state index contributed by atoms with van der Waals surface area (Å²) in [5.74, 6) is 1.14. The summed E-state index contributed by atoms with van der Waals surface area (Å²) in [6.07, 6.45) is 1.57. The Kier molecular flexibility index (Phi) is 5.88. The fraction of sp³-hybridized carbons (Fsp3) is 0.562. The lowest BCUT2D eigenvalue weighted by molar-refractivity contribution is -0.133. The number of carbonyl (C=O) groups is 1. The molecular weight excluding hydrogens is 288 g/mol. The summed E-state index contributed by atoms with van der Waals surface area (Å²) in [5.41, 5.74) is 1.10. The first kappa shape index (κ1) is 16.1. The van der Waals surface area contributed by atoms with Crippen molar-refractivity contribution in [2.45, 2.75) is 26.3 Å². The van der Waals surface area contributed by atoms with Gasteiger partial charge < -0.3 is 9.64 Å². The molecule has 1 aliphatic rings. The molecule has 0 bridgehead atoms. The second-order valence-electron chi connectivity index (χ2n) is 5.36. The van der Waals surface area contributed by atoms with Crippen molar-refractivity contribution in [3.8, 4) is 5.75 Å². The van der Waals surface area contributed by atoms with E-state index in [0.29, 0.717) is 6.42 Å². The minimum atomic E-state index is 0.275. The van der Waals surface area contributed by atoms with Gasteiger partial charge in [0.15, 0.2) is 0 Å². The Morgan fingerprint density at radius 2 is 2.00 bits per heavy atom. The van der Waals surface area contributed by atoms with E-state index < -0.39 is 0 Å². The van der Waals surface area contributed by atoms with Crippen molar-refractivity contribution >= 4 is 17.5 Å². The number of amides is 1. The summed E-state index contributed by atoms with van der Waals surface area (Å²) < 4.78 is 5.38. The number of halogens is 1. The SMILES string of the molecule is CCCC(=O)N1CCN(Cc2cc(Cl)ccc2OC)CC1. The molecule has 0 aliphatic carbocycles. The Bertz CT molecular complexity index is 485. The minimum absolute atomic E-state index is 0.275. The molecule has 0 atom stereocenters. The Morgan fingerprint density at radius 1 is 1.29 bits per heavy atom. The second kappa shape index (κ2) is 7.66. The highest BCUT2D eigenvalue weighted by Crippen LogP contribution is 2.24. The molecule has 4 nitrogen and oxygen atoms in total. The molecule has 1 saturated heterocycles. The number of nitrogens with zero attached hydrogens (tertiary/aromatic N) is 2. The molecule has 21 heavy (non-hydrogen) atoms. The number of benzene rings is 1. The van der Waals surface area contributed by atoms with Crippen LogP contribution in [0.1, 0.15) is 25.3 Å². The lowest BCUT2D eigenvalue weighted by atomic mass is 10.1. The van der Waals surface area contributed by atoms with Gasteiger partial charge in [0.05, 0.1) is 7.11 Å². The average molecular weight is 311 g/mol. The van der Waals surface area contributed by atoms with Crippen LogP contribution < -0.4 is 4.74 Å². The average Bonchev–Trinajstić information content (AvgIpc) is 2.48. The zero-order valence-electron chi connectivity index (χ0n) is 12.8. The van der Waals surface area contributed by atoms with E-state index in [0.717, 1.165) is 55.5 Å². The quantitative estimate of drug-likeness (QED) is 0.838. The fourth-order valence-electron chi connectivity index (χ4n) is 2.64. The first-order chi connectivity index (χ1) is 10.1. The highest BCUT2D eigenvalue weighted by atomic mass is 35.5. The summed E-state index contributed by atoms with van der Waals surface area (Å²) >= 11 is 6.06. The summed E-state index contributed by atoms with van der Waals surface area (Å²) in [6.45, 7) is 6.25. The van der Waals surface area contributed by atoms with Crippen LogP contribution in [0.15, 0.2) is 18.2 Å². The molecule has 116 valence electrons. The normalized spacial score (nSPS) is 16.0. The van der Waals surface area contributed by atoms with E-state index in [9.17, 15) is 4.79 Å². The monoisotopic (exact) mass is 310 g/mol. The molecule has 0 unspecified atom stereocenters. The highest BCUT2D eigenvalue weighted by Gasteiger charge is 2.21. The molecule has 1 aliphatic heterocycles. The van der Waals surface area contributed by atoms with Crippen molar-refractivity contribution in [3.05, 3.63) is 28.8 Å². The van der Waals surface area contributed by atoms with Crippen molar-refractivity contribution in [1.82, 2.24) is 9.80 Å². The van der Waals surface area contributed by atoms with Crippen molar-refractivity contribution in [2.24, 2.45) is 0 Å². The van der Waals surface area contributed by atoms with Crippen LogP contribution in [-0.2, 0) is 11.3 Å². The highest BCUT2D eigenvalue weighted by molar-refractivity contribution is 6.30. The van der Waals surface area contributed by atoms with Crippen LogP contribution in [-0.4, -0.2) is 49.0 Å². The largest absolute Gasteiger partial charge is 0.496 e. The molecule has 0 radical (unpaired) electrons. The van der Waals surface area contributed by atoms with Gasteiger partial charge in [-0.3, -0.25) is 9.69 Å². The molecule has 0 aromatic heterocycles. The minimum Gasteiger partial charge on any atom is -0.496 e. The summed E-state index contributed by atoms with van der Waals surface area (Å²) in [4.78, 5) is 16.2. The van der Waals surface area contributed by atoms with Gasteiger partial charge in [-0.25, -0.2) is 0 Å². The van der Waals surface area contributed by atoms with Crippen LogP contribution in [0.25, 0.3) is 0 Å². The third-order valence-corrected chi connectivity index (χ3v) is 4.06. The molecule has 2 rings (SSSR count). The Labute approximate surface area is 131 Å². The lowest BCUT2D eigenvalue weighted by Crippen LogP contribution is -2.48.